The van der Waals surface area contributed by atoms with E-state index in [1.54, 1.807) is 4.68 Å². The Balaban J connectivity index is 1.23. The monoisotopic (exact) mass is 452 g/mol. The number of aryl methyl sites for hydroxylation is 1. The van der Waals surface area contributed by atoms with Crippen molar-refractivity contribution in [1.29, 1.82) is 0 Å². The van der Waals surface area contributed by atoms with Gasteiger partial charge in [0, 0.05) is 37.9 Å². The van der Waals surface area contributed by atoms with Gasteiger partial charge in [-0.15, -0.1) is 0 Å². The van der Waals surface area contributed by atoms with Crippen molar-refractivity contribution in [2.75, 3.05) is 31.1 Å². The van der Waals surface area contributed by atoms with Crippen molar-refractivity contribution in [2.24, 2.45) is 0 Å². The first-order chi connectivity index (χ1) is 16.7. The third kappa shape index (κ3) is 4.81. The standard InChI is InChI=1S/C28H28N4O2/c1-22-19-27(32(29-22)24-11-6-3-7-12-24)28(33)31-17-15-30(16-18-31)25-13-8-14-26(20-25)34-21-23-9-4-2-5-10-23/h2-14,19-20H,15-18,21H2,1H3. The van der Waals surface area contributed by atoms with Gasteiger partial charge in [-0.2, -0.15) is 5.10 Å². The van der Waals surface area contributed by atoms with Gasteiger partial charge in [-0.3, -0.25) is 4.79 Å². The largest absolute Gasteiger partial charge is 0.489 e. The van der Waals surface area contributed by atoms with Crippen LogP contribution in [-0.4, -0.2) is 46.8 Å². The summed E-state index contributed by atoms with van der Waals surface area (Å²) in [6.07, 6.45) is 0. The molecule has 0 N–H and O–H groups in total. The topological polar surface area (TPSA) is 50.6 Å². The lowest BCUT2D eigenvalue weighted by Crippen LogP contribution is -2.49. The molecular weight excluding hydrogens is 424 g/mol. The fourth-order valence-electron chi connectivity index (χ4n) is 4.26. The molecule has 1 aliphatic rings. The summed E-state index contributed by atoms with van der Waals surface area (Å²) >= 11 is 0. The van der Waals surface area contributed by atoms with Gasteiger partial charge in [0.25, 0.3) is 5.91 Å². The van der Waals surface area contributed by atoms with Crippen molar-refractivity contribution in [3.63, 3.8) is 0 Å². The van der Waals surface area contributed by atoms with Crippen LogP contribution in [0.15, 0.2) is 91.0 Å². The minimum Gasteiger partial charge on any atom is -0.489 e. The first-order valence-corrected chi connectivity index (χ1v) is 11.6. The van der Waals surface area contributed by atoms with E-state index in [9.17, 15) is 4.79 Å². The lowest BCUT2D eigenvalue weighted by atomic mass is 10.2. The number of piperazine rings is 1. The van der Waals surface area contributed by atoms with Crippen molar-refractivity contribution in [1.82, 2.24) is 14.7 Å². The number of rotatable bonds is 6. The van der Waals surface area contributed by atoms with Crippen molar-refractivity contribution in [3.05, 3.63) is 108 Å². The predicted molar refractivity (Wildman–Crippen MR) is 134 cm³/mol. The van der Waals surface area contributed by atoms with Crippen molar-refractivity contribution in [3.8, 4) is 11.4 Å². The van der Waals surface area contributed by atoms with Crippen LogP contribution in [0.2, 0.25) is 0 Å². The summed E-state index contributed by atoms with van der Waals surface area (Å²) in [6, 6.07) is 30.0. The van der Waals surface area contributed by atoms with Gasteiger partial charge in [0.05, 0.1) is 11.4 Å². The summed E-state index contributed by atoms with van der Waals surface area (Å²) in [5.74, 6) is 0.867. The first-order valence-electron chi connectivity index (χ1n) is 11.6. The number of aromatic nitrogens is 2. The van der Waals surface area contributed by atoms with Crippen LogP contribution in [0.5, 0.6) is 5.75 Å². The molecule has 5 rings (SSSR count). The van der Waals surface area contributed by atoms with E-state index < -0.39 is 0 Å². The molecule has 0 spiro atoms. The van der Waals surface area contributed by atoms with Gasteiger partial charge in [0.1, 0.15) is 18.1 Å². The number of anilines is 1. The Hall–Kier alpha value is -4.06. The van der Waals surface area contributed by atoms with Crippen molar-refractivity contribution in [2.45, 2.75) is 13.5 Å². The molecule has 1 amide bonds. The zero-order valence-electron chi connectivity index (χ0n) is 19.3. The second-order valence-corrected chi connectivity index (χ2v) is 8.47. The fraction of sp³-hybridized carbons (Fsp3) is 0.214. The molecule has 0 radical (unpaired) electrons. The number of amides is 1. The predicted octanol–water partition coefficient (Wildman–Crippen LogP) is 4.72. The minimum absolute atomic E-state index is 0.0176. The van der Waals surface area contributed by atoms with Crippen LogP contribution in [0.1, 0.15) is 21.7 Å². The normalized spacial score (nSPS) is 13.7. The molecule has 172 valence electrons. The highest BCUT2D eigenvalue weighted by atomic mass is 16.5. The third-order valence-electron chi connectivity index (χ3n) is 6.05. The average molecular weight is 453 g/mol. The second kappa shape index (κ2) is 9.83. The molecule has 0 unspecified atom stereocenters. The van der Waals surface area contributed by atoms with E-state index in [2.05, 4.69) is 34.3 Å². The van der Waals surface area contributed by atoms with E-state index in [-0.39, 0.29) is 5.91 Å². The number of hydrogen-bond acceptors (Lipinski definition) is 4. The highest BCUT2D eigenvalue weighted by Gasteiger charge is 2.25. The van der Waals surface area contributed by atoms with Crippen LogP contribution >= 0.6 is 0 Å². The molecule has 0 saturated carbocycles. The van der Waals surface area contributed by atoms with Crippen LogP contribution in [-0.2, 0) is 6.61 Å². The molecule has 0 atom stereocenters. The molecule has 0 bridgehead atoms. The van der Waals surface area contributed by atoms with E-state index in [4.69, 9.17) is 4.74 Å². The van der Waals surface area contributed by atoms with E-state index in [0.717, 1.165) is 41.5 Å². The quantitative estimate of drug-likeness (QED) is 0.425. The number of carbonyl (C=O) groups excluding carboxylic acids is 1. The van der Waals surface area contributed by atoms with Gasteiger partial charge in [-0.1, -0.05) is 54.6 Å². The summed E-state index contributed by atoms with van der Waals surface area (Å²) < 4.78 is 7.74. The van der Waals surface area contributed by atoms with Crippen LogP contribution in [0, 0.1) is 6.92 Å². The number of carbonyl (C=O) groups is 1. The molecule has 1 aliphatic heterocycles. The van der Waals surface area contributed by atoms with Gasteiger partial charge in [0.15, 0.2) is 0 Å². The zero-order valence-corrected chi connectivity index (χ0v) is 19.3. The molecule has 1 saturated heterocycles. The third-order valence-corrected chi connectivity index (χ3v) is 6.05. The molecule has 0 aliphatic carbocycles. The molecule has 4 aromatic rings. The van der Waals surface area contributed by atoms with E-state index >= 15 is 0 Å². The van der Waals surface area contributed by atoms with Gasteiger partial charge in [-0.25, -0.2) is 4.68 Å². The lowest BCUT2D eigenvalue weighted by molar-refractivity contribution is 0.0737. The number of ether oxygens (including phenoxy) is 1. The molecule has 1 fully saturated rings. The molecule has 1 aromatic heterocycles. The van der Waals surface area contributed by atoms with Gasteiger partial charge in [-0.05, 0) is 42.8 Å². The number of benzene rings is 3. The maximum atomic E-state index is 13.4. The summed E-state index contributed by atoms with van der Waals surface area (Å²) in [4.78, 5) is 17.6. The Morgan fingerprint density at radius 2 is 1.50 bits per heavy atom. The van der Waals surface area contributed by atoms with Crippen LogP contribution in [0.25, 0.3) is 5.69 Å². The summed E-state index contributed by atoms with van der Waals surface area (Å²) in [5, 5.41) is 4.55. The van der Waals surface area contributed by atoms with Gasteiger partial charge in [0.2, 0.25) is 0 Å². The van der Waals surface area contributed by atoms with E-state index in [1.165, 1.54) is 0 Å². The van der Waals surface area contributed by atoms with Crippen LogP contribution in [0.3, 0.4) is 0 Å². The molecule has 2 heterocycles. The average Bonchev–Trinajstić information content (AvgIpc) is 3.30. The summed E-state index contributed by atoms with van der Waals surface area (Å²) in [6.45, 7) is 5.32. The Morgan fingerprint density at radius 3 is 2.24 bits per heavy atom. The Morgan fingerprint density at radius 1 is 0.824 bits per heavy atom. The number of hydrogen-bond donors (Lipinski definition) is 0. The molecule has 3 aromatic carbocycles. The molecular formula is C28H28N4O2. The van der Waals surface area contributed by atoms with Crippen molar-refractivity contribution >= 4 is 11.6 Å². The number of para-hydroxylation sites is 1. The highest BCUT2D eigenvalue weighted by molar-refractivity contribution is 5.93. The fourth-order valence-corrected chi connectivity index (χ4v) is 4.26. The maximum Gasteiger partial charge on any atom is 0.272 e. The van der Waals surface area contributed by atoms with Gasteiger partial charge < -0.3 is 14.5 Å². The SMILES string of the molecule is Cc1cc(C(=O)N2CCN(c3cccc(OCc4ccccc4)c3)CC2)n(-c2ccccc2)n1. The van der Waals surface area contributed by atoms with E-state index in [0.29, 0.717) is 25.4 Å². The van der Waals surface area contributed by atoms with Crippen LogP contribution < -0.4 is 9.64 Å². The molecule has 6 heteroatoms. The van der Waals surface area contributed by atoms with Crippen molar-refractivity contribution < 1.29 is 9.53 Å². The Kier molecular flexibility index (Phi) is 6.29. The minimum atomic E-state index is 0.0176. The Labute approximate surface area is 200 Å². The Bertz CT molecular complexity index is 1250. The van der Waals surface area contributed by atoms with Crippen LogP contribution in [0.4, 0.5) is 5.69 Å². The molecule has 6 nitrogen and oxygen atoms in total. The maximum absolute atomic E-state index is 13.4. The second-order valence-electron chi connectivity index (χ2n) is 8.47. The molecule has 34 heavy (non-hydrogen) atoms. The smallest absolute Gasteiger partial charge is 0.272 e. The zero-order chi connectivity index (χ0) is 23.3. The number of nitrogens with zero attached hydrogens (tertiary/aromatic N) is 4. The lowest BCUT2D eigenvalue weighted by Gasteiger charge is -2.36. The summed E-state index contributed by atoms with van der Waals surface area (Å²) in [5.41, 5.74) is 4.59. The summed E-state index contributed by atoms with van der Waals surface area (Å²) in [7, 11) is 0. The van der Waals surface area contributed by atoms with Gasteiger partial charge >= 0.3 is 0 Å². The highest BCUT2D eigenvalue weighted by Crippen LogP contribution is 2.24. The first kappa shape index (κ1) is 21.8. The van der Waals surface area contributed by atoms with E-state index in [1.807, 2.05) is 78.6 Å².